The molecule has 1 N–H and O–H groups in total. The Morgan fingerprint density at radius 3 is 2.59 bits per heavy atom. The Morgan fingerprint density at radius 2 is 1.90 bits per heavy atom. The number of rotatable bonds is 10. The number of carbonyl (C=O) groups is 2. The number of hydrogen-bond donors (Lipinski definition) is 1. The number of aliphatic imine (C=N–C) groups is 1. The molecular formula is C30H33N3O5S. The largest absolute Gasteiger partial charge is 0.493 e. The van der Waals surface area contributed by atoms with Gasteiger partial charge < -0.3 is 24.4 Å². The van der Waals surface area contributed by atoms with Crippen LogP contribution in [0.2, 0.25) is 0 Å². The quantitative estimate of drug-likeness (QED) is 0.395. The van der Waals surface area contributed by atoms with Gasteiger partial charge in [-0.3, -0.25) is 4.79 Å². The molecule has 1 atom stereocenters. The molecule has 5 rings (SSSR count). The van der Waals surface area contributed by atoms with Crippen molar-refractivity contribution in [3.63, 3.8) is 0 Å². The average molecular weight is 548 g/mol. The van der Waals surface area contributed by atoms with Crippen LogP contribution in [0.4, 0.5) is 0 Å². The van der Waals surface area contributed by atoms with Gasteiger partial charge in [0.15, 0.2) is 16.7 Å². The van der Waals surface area contributed by atoms with Crippen molar-refractivity contribution in [2.45, 2.75) is 64.8 Å². The number of carbonyl (C=O) groups excluding carboxylic acids is 2. The van der Waals surface area contributed by atoms with E-state index in [1.165, 1.54) is 11.8 Å². The molecule has 8 nitrogen and oxygen atoms in total. The first-order valence-electron chi connectivity index (χ1n) is 13.1. The van der Waals surface area contributed by atoms with Crippen molar-refractivity contribution in [2.24, 2.45) is 4.99 Å². The van der Waals surface area contributed by atoms with Gasteiger partial charge in [0.25, 0.3) is 0 Å². The van der Waals surface area contributed by atoms with Crippen molar-refractivity contribution in [2.75, 3.05) is 7.11 Å². The lowest BCUT2D eigenvalue weighted by molar-refractivity contribution is -0.143. The van der Waals surface area contributed by atoms with Gasteiger partial charge in [-0.25, -0.2) is 9.79 Å². The Balaban J connectivity index is 1.48. The van der Waals surface area contributed by atoms with Crippen LogP contribution in [0.5, 0.6) is 11.5 Å². The van der Waals surface area contributed by atoms with E-state index in [2.05, 4.69) is 5.32 Å². The summed E-state index contributed by atoms with van der Waals surface area (Å²) in [4.78, 5) is 32.9. The number of thioether (sulfide) groups is 1. The predicted octanol–water partition coefficient (Wildman–Crippen LogP) is 5.47. The van der Waals surface area contributed by atoms with Crippen LogP contribution in [-0.4, -0.2) is 41.2 Å². The summed E-state index contributed by atoms with van der Waals surface area (Å²) in [5, 5.41) is 5.72. The lowest BCUT2D eigenvalue weighted by Crippen LogP contribution is -2.38. The topological polar surface area (TPSA) is 89.5 Å². The van der Waals surface area contributed by atoms with E-state index < -0.39 is 12.0 Å². The Morgan fingerprint density at radius 1 is 1.13 bits per heavy atom. The van der Waals surface area contributed by atoms with Gasteiger partial charge in [-0.2, -0.15) is 0 Å². The summed E-state index contributed by atoms with van der Waals surface area (Å²) in [6.45, 7) is 5.86. The van der Waals surface area contributed by atoms with Crippen molar-refractivity contribution >= 4 is 28.8 Å². The lowest BCUT2D eigenvalue weighted by atomic mass is 9.93. The van der Waals surface area contributed by atoms with Crippen molar-refractivity contribution in [3.05, 3.63) is 82.0 Å². The van der Waals surface area contributed by atoms with E-state index >= 15 is 0 Å². The fraction of sp³-hybridized carbons (Fsp3) is 0.367. The molecular weight excluding hydrogens is 514 g/mol. The van der Waals surface area contributed by atoms with Crippen LogP contribution in [0.25, 0.3) is 0 Å². The molecule has 1 fully saturated rings. The molecule has 2 aliphatic heterocycles. The molecule has 1 saturated carbocycles. The van der Waals surface area contributed by atoms with Crippen LogP contribution < -0.4 is 14.8 Å². The third-order valence-electron chi connectivity index (χ3n) is 6.59. The van der Waals surface area contributed by atoms with Crippen LogP contribution in [0.3, 0.4) is 0 Å². The van der Waals surface area contributed by atoms with Crippen molar-refractivity contribution < 1.29 is 23.8 Å². The second-order valence-electron chi connectivity index (χ2n) is 10.1. The molecule has 204 valence electrons. The normalized spacial score (nSPS) is 18.4. The number of amides is 1. The number of benzene rings is 2. The maximum Gasteiger partial charge on any atom is 0.338 e. The molecule has 0 radical (unpaired) electrons. The maximum atomic E-state index is 13.4. The highest BCUT2D eigenvalue weighted by molar-refractivity contribution is 8.16. The number of nitrogens with one attached hydrogen (secondary N) is 1. The van der Waals surface area contributed by atoms with Crippen LogP contribution in [0, 0.1) is 0 Å². The number of methoxy groups -OCH3 is 1. The molecule has 0 aromatic heterocycles. The van der Waals surface area contributed by atoms with E-state index in [0.29, 0.717) is 29.4 Å². The molecule has 2 aromatic carbocycles. The first kappa shape index (κ1) is 26.9. The standard InChI is InChI=1S/C30H33N3O5S/c1-18(2)38-29(35)27-19(3)31-30-33(23(17-39-30)15-26(34)32-22-11-12-22)28(27)21-10-13-24(25(14-21)36-4)37-16-20-8-6-5-7-9-20/h5-10,13-14,17-18,22,28H,11-12,15-16H2,1-4H3,(H,32,34). The van der Waals surface area contributed by atoms with Gasteiger partial charge in [0.2, 0.25) is 5.91 Å². The summed E-state index contributed by atoms with van der Waals surface area (Å²) in [6, 6.07) is 15.3. The molecule has 1 amide bonds. The van der Waals surface area contributed by atoms with Crippen molar-refractivity contribution in [1.29, 1.82) is 0 Å². The summed E-state index contributed by atoms with van der Waals surface area (Å²) >= 11 is 1.45. The number of ether oxygens (including phenoxy) is 3. The van der Waals surface area contributed by atoms with Gasteiger partial charge in [0.1, 0.15) is 6.61 Å². The summed E-state index contributed by atoms with van der Waals surface area (Å²) in [7, 11) is 1.59. The minimum absolute atomic E-state index is 0.0378. The van der Waals surface area contributed by atoms with E-state index in [-0.39, 0.29) is 24.5 Å². The van der Waals surface area contributed by atoms with Crippen LogP contribution in [0.15, 0.2) is 75.9 Å². The number of esters is 1. The second kappa shape index (κ2) is 11.6. The molecule has 1 aliphatic carbocycles. The molecule has 9 heteroatoms. The Hall–Kier alpha value is -3.72. The molecule has 2 heterocycles. The Bertz CT molecular complexity index is 1350. The monoisotopic (exact) mass is 547 g/mol. The minimum Gasteiger partial charge on any atom is -0.493 e. The number of allylic oxidation sites excluding steroid dienone is 1. The zero-order valence-corrected chi connectivity index (χ0v) is 23.4. The minimum atomic E-state index is -0.546. The summed E-state index contributed by atoms with van der Waals surface area (Å²) < 4.78 is 17.4. The van der Waals surface area contributed by atoms with Gasteiger partial charge in [0.05, 0.1) is 36.9 Å². The Kier molecular flexibility index (Phi) is 7.97. The van der Waals surface area contributed by atoms with Crippen molar-refractivity contribution in [1.82, 2.24) is 10.2 Å². The first-order valence-corrected chi connectivity index (χ1v) is 14.0. The SMILES string of the molecule is COc1cc(C2C(C(=O)OC(C)C)=C(C)N=C3SC=C(CC(=O)NC4CC4)N32)ccc1OCc1ccccc1. The first-order chi connectivity index (χ1) is 18.8. The lowest BCUT2D eigenvalue weighted by Gasteiger charge is -2.36. The summed E-state index contributed by atoms with van der Waals surface area (Å²) in [6.07, 6.45) is 1.94. The molecule has 0 bridgehead atoms. The van der Waals surface area contributed by atoms with Crippen LogP contribution >= 0.6 is 11.8 Å². The zero-order valence-electron chi connectivity index (χ0n) is 22.6. The van der Waals surface area contributed by atoms with E-state index in [1.54, 1.807) is 7.11 Å². The fourth-order valence-corrected chi connectivity index (χ4v) is 5.57. The van der Waals surface area contributed by atoms with Crippen LogP contribution in [-0.2, 0) is 20.9 Å². The number of fused-ring (bicyclic) bond motifs is 1. The van der Waals surface area contributed by atoms with E-state index in [4.69, 9.17) is 19.2 Å². The smallest absolute Gasteiger partial charge is 0.338 e. The highest BCUT2D eigenvalue weighted by Gasteiger charge is 2.42. The van der Waals surface area contributed by atoms with Gasteiger partial charge >= 0.3 is 5.97 Å². The molecule has 2 aromatic rings. The van der Waals surface area contributed by atoms with Crippen molar-refractivity contribution in [3.8, 4) is 11.5 Å². The number of hydrogen-bond acceptors (Lipinski definition) is 8. The highest BCUT2D eigenvalue weighted by atomic mass is 32.2. The van der Waals surface area contributed by atoms with Gasteiger partial charge in [0, 0.05) is 11.7 Å². The molecule has 39 heavy (non-hydrogen) atoms. The van der Waals surface area contributed by atoms with Crippen LogP contribution in [0.1, 0.15) is 57.2 Å². The second-order valence-corrected chi connectivity index (χ2v) is 10.9. The van der Waals surface area contributed by atoms with Gasteiger partial charge in [-0.1, -0.05) is 48.2 Å². The predicted molar refractivity (Wildman–Crippen MR) is 151 cm³/mol. The van der Waals surface area contributed by atoms with Gasteiger partial charge in [-0.15, -0.1) is 0 Å². The van der Waals surface area contributed by atoms with E-state index in [9.17, 15) is 9.59 Å². The van der Waals surface area contributed by atoms with Gasteiger partial charge in [-0.05, 0) is 62.3 Å². The number of nitrogens with zero attached hydrogens (tertiary/aromatic N) is 2. The van der Waals surface area contributed by atoms with E-state index in [0.717, 1.165) is 34.8 Å². The molecule has 0 spiro atoms. The number of amidine groups is 1. The Labute approximate surface area is 233 Å². The third kappa shape index (κ3) is 6.14. The summed E-state index contributed by atoms with van der Waals surface area (Å²) in [5.74, 6) is 0.671. The maximum absolute atomic E-state index is 13.4. The van der Waals surface area contributed by atoms with E-state index in [1.807, 2.05) is 79.6 Å². The fourth-order valence-electron chi connectivity index (χ4n) is 4.60. The zero-order chi connectivity index (χ0) is 27.5. The summed E-state index contributed by atoms with van der Waals surface area (Å²) in [5.41, 5.74) is 3.65. The average Bonchev–Trinajstić information content (AvgIpc) is 3.65. The molecule has 3 aliphatic rings. The highest BCUT2D eigenvalue weighted by Crippen LogP contribution is 2.46. The third-order valence-corrected chi connectivity index (χ3v) is 7.48. The molecule has 1 unspecified atom stereocenters. The molecule has 0 saturated heterocycles.